The van der Waals surface area contributed by atoms with Gasteiger partial charge >= 0.3 is 5.97 Å². The van der Waals surface area contributed by atoms with Gasteiger partial charge in [-0.1, -0.05) is 18.2 Å². The molecular formula is C17H16N4O2S. The lowest BCUT2D eigenvalue weighted by atomic mass is 10.2. The van der Waals surface area contributed by atoms with Crippen molar-refractivity contribution < 1.29 is 9.53 Å². The molecule has 0 spiro atoms. The zero-order valence-corrected chi connectivity index (χ0v) is 13.7. The van der Waals surface area contributed by atoms with E-state index in [1.54, 1.807) is 22.3 Å². The number of hydrogen-bond donors (Lipinski definition) is 1. The first-order valence-corrected chi connectivity index (χ1v) is 8.20. The molecule has 0 aliphatic carbocycles. The topological polar surface area (TPSA) is 69.0 Å². The summed E-state index contributed by atoms with van der Waals surface area (Å²) >= 11 is 1.36. The summed E-state index contributed by atoms with van der Waals surface area (Å²) in [5, 5.41) is 9.55. The van der Waals surface area contributed by atoms with E-state index < -0.39 is 5.97 Å². The summed E-state index contributed by atoms with van der Waals surface area (Å²) in [4.78, 5) is 16.2. The van der Waals surface area contributed by atoms with Crippen LogP contribution in [0.2, 0.25) is 0 Å². The van der Waals surface area contributed by atoms with E-state index in [1.807, 2.05) is 36.5 Å². The minimum absolute atomic E-state index is 0.200. The standard InChI is InChI=1S/C17H16N4O2S/c1-2-8-18-17-20-15(12-24-17)16(22)23-11-13-4-6-14(7-5-13)21-10-3-9-19-21/h2-7,9-10,12H,1,8,11H2,(H,18,20). The fourth-order valence-electron chi connectivity index (χ4n) is 2.00. The zero-order valence-electron chi connectivity index (χ0n) is 12.9. The van der Waals surface area contributed by atoms with Crippen molar-refractivity contribution in [3.63, 3.8) is 0 Å². The fourth-order valence-corrected chi connectivity index (χ4v) is 2.69. The monoisotopic (exact) mass is 340 g/mol. The van der Waals surface area contributed by atoms with Crippen LogP contribution in [0.3, 0.4) is 0 Å². The predicted octanol–water partition coefficient (Wildman–Crippen LogP) is 3.28. The number of thiazole rings is 1. The summed E-state index contributed by atoms with van der Waals surface area (Å²) in [6, 6.07) is 9.53. The van der Waals surface area contributed by atoms with E-state index in [9.17, 15) is 4.79 Å². The molecule has 122 valence electrons. The molecule has 0 amide bonds. The van der Waals surface area contributed by atoms with Gasteiger partial charge in [0.15, 0.2) is 10.8 Å². The number of aromatic nitrogens is 3. The third-order valence-electron chi connectivity index (χ3n) is 3.19. The number of nitrogens with one attached hydrogen (secondary N) is 1. The molecule has 0 aliphatic rings. The highest BCUT2D eigenvalue weighted by Crippen LogP contribution is 2.16. The third kappa shape index (κ3) is 3.88. The summed E-state index contributed by atoms with van der Waals surface area (Å²) < 4.78 is 7.06. The molecule has 7 heteroatoms. The molecule has 24 heavy (non-hydrogen) atoms. The highest BCUT2D eigenvalue weighted by molar-refractivity contribution is 7.13. The Balaban J connectivity index is 1.56. The first-order valence-electron chi connectivity index (χ1n) is 7.32. The Labute approximate surface area is 143 Å². The Morgan fingerprint density at radius 1 is 1.38 bits per heavy atom. The number of rotatable bonds is 7. The lowest BCUT2D eigenvalue weighted by Crippen LogP contribution is -2.06. The van der Waals surface area contributed by atoms with Gasteiger partial charge < -0.3 is 10.1 Å². The molecule has 1 aromatic carbocycles. The molecule has 2 aromatic heterocycles. The summed E-state index contributed by atoms with van der Waals surface area (Å²) in [5.41, 5.74) is 2.16. The number of anilines is 1. The number of carbonyl (C=O) groups excluding carboxylic acids is 1. The van der Waals surface area contributed by atoms with Gasteiger partial charge in [0, 0.05) is 24.3 Å². The van der Waals surface area contributed by atoms with Crippen molar-refractivity contribution in [2.24, 2.45) is 0 Å². The second-order valence-electron chi connectivity index (χ2n) is 4.90. The van der Waals surface area contributed by atoms with Gasteiger partial charge in [-0.05, 0) is 23.8 Å². The lowest BCUT2D eigenvalue weighted by molar-refractivity contribution is 0.0467. The number of ether oxygens (including phenoxy) is 1. The normalized spacial score (nSPS) is 10.3. The van der Waals surface area contributed by atoms with Gasteiger partial charge in [-0.3, -0.25) is 0 Å². The summed E-state index contributed by atoms with van der Waals surface area (Å²) in [6.45, 7) is 4.42. The summed E-state index contributed by atoms with van der Waals surface area (Å²) in [6.07, 6.45) is 5.32. The molecule has 0 radical (unpaired) electrons. The number of hydrogen-bond acceptors (Lipinski definition) is 6. The lowest BCUT2D eigenvalue weighted by Gasteiger charge is -2.05. The Bertz CT molecular complexity index is 810. The van der Waals surface area contributed by atoms with Gasteiger partial charge in [0.2, 0.25) is 0 Å². The van der Waals surface area contributed by atoms with E-state index in [0.717, 1.165) is 11.3 Å². The van der Waals surface area contributed by atoms with E-state index in [2.05, 4.69) is 22.0 Å². The Kier molecular flexibility index (Phi) is 5.02. The number of benzene rings is 1. The molecular weight excluding hydrogens is 324 g/mol. The van der Waals surface area contributed by atoms with Gasteiger partial charge in [-0.2, -0.15) is 5.10 Å². The Morgan fingerprint density at radius 2 is 2.21 bits per heavy atom. The van der Waals surface area contributed by atoms with Crippen molar-refractivity contribution in [1.29, 1.82) is 0 Å². The molecule has 0 atom stereocenters. The van der Waals surface area contributed by atoms with Crippen LogP contribution in [0.4, 0.5) is 5.13 Å². The number of nitrogens with zero attached hydrogens (tertiary/aromatic N) is 3. The second kappa shape index (κ2) is 7.56. The second-order valence-corrected chi connectivity index (χ2v) is 5.76. The van der Waals surface area contributed by atoms with Gasteiger partial charge in [0.1, 0.15) is 6.61 Å². The first kappa shape index (κ1) is 15.9. The minimum atomic E-state index is -0.436. The molecule has 0 saturated heterocycles. The van der Waals surface area contributed by atoms with Crippen LogP contribution in [-0.2, 0) is 11.3 Å². The van der Waals surface area contributed by atoms with E-state index in [1.165, 1.54) is 11.3 Å². The summed E-state index contributed by atoms with van der Waals surface area (Å²) in [7, 11) is 0. The van der Waals surface area contributed by atoms with Crippen molar-refractivity contribution in [3.05, 3.63) is 72.0 Å². The quantitative estimate of drug-likeness (QED) is 0.528. The SMILES string of the molecule is C=CCNc1nc(C(=O)OCc2ccc(-n3cccn3)cc2)cs1. The average molecular weight is 340 g/mol. The maximum atomic E-state index is 12.0. The maximum absolute atomic E-state index is 12.0. The number of carbonyl (C=O) groups is 1. The fraction of sp³-hybridized carbons (Fsp3) is 0.118. The molecule has 1 N–H and O–H groups in total. The smallest absolute Gasteiger partial charge is 0.358 e. The predicted molar refractivity (Wildman–Crippen MR) is 93.5 cm³/mol. The van der Waals surface area contributed by atoms with Gasteiger partial charge in [0.05, 0.1) is 5.69 Å². The van der Waals surface area contributed by atoms with E-state index in [-0.39, 0.29) is 6.61 Å². The highest BCUT2D eigenvalue weighted by atomic mass is 32.1. The van der Waals surface area contributed by atoms with Crippen molar-refractivity contribution in [1.82, 2.24) is 14.8 Å². The van der Waals surface area contributed by atoms with Crippen LogP contribution in [0.5, 0.6) is 0 Å². The molecule has 0 saturated carbocycles. The molecule has 0 fully saturated rings. The maximum Gasteiger partial charge on any atom is 0.358 e. The Morgan fingerprint density at radius 3 is 2.92 bits per heavy atom. The van der Waals surface area contributed by atoms with Crippen LogP contribution < -0.4 is 5.32 Å². The molecule has 6 nitrogen and oxygen atoms in total. The third-order valence-corrected chi connectivity index (χ3v) is 3.99. The van der Waals surface area contributed by atoms with Crippen LogP contribution in [0, 0.1) is 0 Å². The van der Waals surface area contributed by atoms with Crippen LogP contribution in [-0.4, -0.2) is 27.3 Å². The van der Waals surface area contributed by atoms with E-state index >= 15 is 0 Å². The Hall–Kier alpha value is -2.93. The minimum Gasteiger partial charge on any atom is -0.456 e. The highest BCUT2D eigenvalue weighted by Gasteiger charge is 2.12. The molecule has 2 heterocycles. The van der Waals surface area contributed by atoms with Crippen molar-refractivity contribution in [2.75, 3.05) is 11.9 Å². The average Bonchev–Trinajstić information content (AvgIpc) is 3.30. The first-order chi connectivity index (χ1) is 11.8. The van der Waals surface area contributed by atoms with Gasteiger partial charge in [-0.15, -0.1) is 17.9 Å². The van der Waals surface area contributed by atoms with Crippen LogP contribution in [0.15, 0.2) is 60.8 Å². The van der Waals surface area contributed by atoms with Gasteiger partial charge in [0.25, 0.3) is 0 Å². The molecule has 0 unspecified atom stereocenters. The molecule has 3 rings (SSSR count). The van der Waals surface area contributed by atoms with E-state index in [0.29, 0.717) is 17.4 Å². The summed E-state index contributed by atoms with van der Waals surface area (Å²) in [5.74, 6) is -0.436. The van der Waals surface area contributed by atoms with Crippen LogP contribution in [0.25, 0.3) is 5.69 Å². The molecule has 0 bridgehead atoms. The molecule has 3 aromatic rings. The van der Waals surface area contributed by atoms with Crippen LogP contribution in [0.1, 0.15) is 16.1 Å². The largest absolute Gasteiger partial charge is 0.456 e. The van der Waals surface area contributed by atoms with Crippen molar-refractivity contribution in [2.45, 2.75) is 6.61 Å². The van der Waals surface area contributed by atoms with Crippen molar-refractivity contribution >= 4 is 22.4 Å². The van der Waals surface area contributed by atoms with Crippen molar-refractivity contribution in [3.8, 4) is 5.69 Å². The molecule has 0 aliphatic heterocycles. The van der Waals surface area contributed by atoms with Crippen LogP contribution >= 0.6 is 11.3 Å². The number of esters is 1. The van der Waals surface area contributed by atoms with Gasteiger partial charge in [-0.25, -0.2) is 14.5 Å². The van der Waals surface area contributed by atoms with E-state index in [4.69, 9.17) is 4.74 Å². The zero-order chi connectivity index (χ0) is 16.8.